The van der Waals surface area contributed by atoms with Crippen LogP contribution in [0.5, 0.6) is 0 Å². The topological polar surface area (TPSA) is 58.1 Å². The Hall–Kier alpha value is -2.92. The third-order valence-electron chi connectivity index (χ3n) is 4.30. The van der Waals surface area contributed by atoms with Crippen molar-refractivity contribution in [3.63, 3.8) is 0 Å². The van der Waals surface area contributed by atoms with Gasteiger partial charge < -0.3 is 10.2 Å². The van der Waals surface area contributed by atoms with Crippen LogP contribution in [-0.4, -0.2) is 22.4 Å². The number of halogens is 1. The lowest BCUT2D eigenvalue weighted by molar-refractivity contribution is 0.102. The van der Waals surface area contributed by atoms with Gasteiger partial charge in [0.1, 0.15) is 17.3 Å². The van der Waals surface area contributed by atoms with Gasteiger partial charge in [0.15, 0.2) is 0 Å². The van der Waals surface area contributed by atoms with Gasteiger partial charge in [-0.1, -0.05) is 35.9 Å². The molecule has 1 aliphatic heterocycles. The normalized spacial score (nSPS) is 12.8. The number of nitrogens with one attached hydrogen (secondary N) is 1. The Bertz CT molecular complexity index is 989. The number of hydrogen-bond donors (Lipinski definition) is 1. The van der Waals surface area contributed by atoms with Crippen LogP contribution in [-0.2, 0) is 6.42 Å². The largest absolute Gasteiger partial charge is 0.326 e. The molecule has 4 rings (SSSR count). The van der Waals surface area contributed by atoms with Crippen LogP contribution in [0.4, 0.5) is 17.2 Å². The predicted molar refractivity (Wildman–Crippen MR) is 103 cm³/mol. The fraction of sp³-hybridized carbons (Fsp3) is 0.150. The summed E-state index contributed by atoms with van der Waals surface area (Å²) >= 11 is 5.98. The van der Waals surface area contributed by atoms with E-state index in [1.807, 2.05) is 12.1 Å². The molecule has 0 fully saturated rings. The number of benzene rings is 2. The molecule has 1 aromatic heterocycles. The molecule has 0 bridgehead atoms. The van der Waals surface area contributed by atoms with Crippen molar-refractivity contribution in [1.29, 1.82) is 0 Å². The molecule has 1 N–H and O–H groups in total. The van der Waals surface area contributed by atoms with Crippen molar-refractivity contribution < 1.29 is 4.79 Å². The van der Waals surface area contributed by atoms with Crippen molar-refractivity contribution in [2.75, 3.05) is 16.8 Å². The van der Waals surface area contributed by atoms with E-state index in [0.717, 1.165) is 24.5 Å². The number of rotatable bonds is 3. The van der Waals surface area contributed by atoms with Gasteiger partial charge >= 0.3 is 0 Å². The van der Waals surface area contributed by atoms with Gasteiger partial charge in [0.05, 0.1) is 0 Å². The number of fused-ring (bicyclic) bond motifs is 1. The summed E-state index contributed by atoms with van der Waals surface area (Å²) in [5, 5.41) is 3.40. The highest BCUT2D eigenvalue weighted by Crippen LogP contribution is 2.33. The van der Waals surface area contributed by atoms with E-state index in [0.29, 0.717) is 22.2 Å². The summed E-state index contributed by atoms with van der Waals surface area (Å²) in [6.45, 7) is 2.63. The number of para-hydroxylation sites is 1. The molecule has 2 aromatic carbocycles. The summed E-state index contributed by atoms with van der Waals surface area (Å²) in [6, 6.07) is 17.0. The van der Waals surface area contributed by atoms with Crippen molar-refractivity contribution in [1.82, 2.24) is 9.97 Å². The monoisotopic (exact) mass is 364 g/mol. The lowest BCUT2D eigenvalue weighted by Crippen LogP contribution is -2.19. The highest BCUT2D eigenvalue weighted by atomic mass is 35.5. The molecule has 0 saturated carbocycles. The number of amides is 1. The zero-order valence-electron chi connectivity index (χ0n) is 14.2. The quantitative estimate of drug-likeness (QED) is 0.749. The first-order valence-electron chi connectivity index (χ1n) is 8.38. The van der Waals surface area contributed by atoms with Crippen LogP contribution in [0.2, 0.25) is 5.02 Å². The fourth-order valence-electron chi connectivity index (χ4n) is 3.14. The van der Waals surface area contributed by atoms with Gasteiger partial charge in [-0.05, 0) is 43.2 Å². The number of aryl methyl sites for hydroxylation is 1. The molecule has 3 aromatic rings. The van der Waals surface area contributed by atoms with Gasteiger partial charge in [0.2, 0.25) is 0 Å². The maximum absolute atomic E-state index is 12.6. The molecule has 1 amide bonds. The van der Waals surface area contributed by atoms with Crippen LogP contribution in [0.3, 0.4) is 0 Å². The number of nitrogens with zero attached hydrogens (tertiary/aromatic N) is 3. The molecule has 0 aliphatic carbocycles. The Morgan fingerprint density at radius 3 is 2.81 bits per heavy atom. The lowest BCUT2D eigenvalue weighted by atomic mass is 10.2. The lowest BCUT2D eigenvalue weighted by Gasteiger charge is -2.19. The minimum Gasteiger partial charge on any atom is -0.326 e. The summed E-state index contributed by atoms with van der Waals surface area (Å²) in [6.07, 6.45) is 0.962. The first-order valence-corrected chi connectivity index (χ1v) is 8.76. The Labute approximate surface area is 156 Å². The van der Waals surface area contributed by atoms with Crippen molar-refractivity contribution in [2.24, 2.45) is 0 Å². The second-order valence-electron chi connectivity index (χ2n) is 6.15. The maximum atomic E-state index is 12.6. The number of hydrogen-bond acceptors (Lipinski definition) is 4. The first kappa shape index (κ1) is 16.5. The van der Waals surface area contributed by atoms with Crippen molar-refractivity contribution >= 4 is 34.7 Å². The van der Waals surface area contributed by atoms with Crippen LogP contribution >= 0.6 is 11.6 Å². The first-order chi connectivity index (χ1) is 12.6. The number of anilines is 3. The Morgan fingerprint density at radius 1 is 1.12 bits per heavy atom. The van der Waals surface area contributed by atoms with Crippen LogP contribution < -0.4 is 10.2 Å². The minimum absolute atomic E-state index is 0.286. The molecule has 0 saturated heterocycles. The van der Waals surface area contributed by atoms with Gasteiger partial charge in [0, 0.05) is 29.0 Å². The molecule has 5 nitrogen and oxygen atoms in total. The second-order valence-corrected chi connectivity index (χ2v) is 6.59. The Balaban J connectivity index is 1.64. The molecule has 1 aliphatic rings. The number of aromatic nitrogens is 2. The smallest absolute Gasteiger partial charge is 0.274 e. The maximum Gasteiger partial charge on any atom is 0.274 e. The molecule has 0 atom stereocenters. The average Bonchev–Trinajstić information content (AvgIpc) is 3.05. The van der Waals surface area contributed by atoms with E-state index in [-0.39, 0.29) is 5.91 Å². The summed E-state index contributed by atoms with van der Waals surface area (Å²) < 4.78 is 0. The summed E-state index contributed by atoms with van der Waals surface area (Å²) in [4.78, 5) is 23.6. The predicted octanol–water partition coefficient (Wildman–Crippen LogP) is 4.38. The summed E-state index contributed by atoms with van der Waals surface area (Å²) in [5.74, 6) is 1.01. The van der Waals surface area contributed by atoms with Crippen LogP contribution in [0, 0.1) is 6.92 Å². The zero-order chi connectivity index (χ0) is 18.1. The Morgan fingerprint density at radius 2 is 1.96 bits per heavy atom. The molecule has 0 spiro atoms. The molecule has 0 radical (unpaired) electrons. The average molecular weight is 365 g/mol. The molecule has 2 heterocycles. The van der Waals surface area contributed by atoms with Crippen LogP contribution in [0.15, 0.2) is 54.6 Å². The van der Waals surface area contributed by atoms with E-state index in [4.69, 9.17) is 11.6 Å². The SMILES string of the molecule is Cc1nc(C(=O)Nc2cccc(Cl)c2)cc(N2CCc3ccccc32)n1. The van der Waals surface area contributed by atoms with E-state index in [1.54, 1.807) is 37.3 Å². The van der Waals surface area contributed by atoms with Gasteiger partial charge in [-0.15, -0.1) is 0 Å². The van der Waals surface area contributed by atoms with Crippen LogP contribution in [0.25, 0.3) is 0 Å². The summed E-state index contributed by atoms with van der Waals surface area (Å²) in [7, 11) is 0. The fourth-order valence-corrected chi connectivity index (χ4v) is 3.33. The number of carbonyl (C=O) groups is 1. The van der Waals surface area contributed by atoms with Gasteiger partial charge in [-0.25, -0.2) is 9.97 Å². The molecular formula is C20H17ClN4O. The minimum atomic E-state index is -0.286. The van der Waals surface area contributed by atoms with E-state index in [1.165, 1.54) is 5.56 Å². The van der Waals surface area contributed by atoms with Crippen molar-refractivity contribution in [3.8, 4) is 0 Å². The summed E-state index contributed by atoms with van der Waals surface area (Å²) in [5.41, 5.74) is 3.38. The molecular weight excluding hydrogens is 348 g/mol. The highest BCUT2D eigenvalue weighted by Gasteiger charge is 2.22. The second kappa shape index (κ2) is 6.77. The van der Waals surface area contributed by atoms with E-state index < -0.39 is 0 Å². The van der Waals surface area contributed by atoms with E-state index in [2.05, 4.69) is 32.3 Å². The zero-order valence-corrected chi connectivity index (χ0v) is 15.0. The number of carbonyl (C=O) groups excluding carboxylic acids is 1. The molecule has 6 heteroatoms. The Kier molecular flexibility index (Phi) is 4.31. The van der Waals surface area contributed by atoms with E-state index in [9.17, 15) is 4.79 Å². The van der Waals surface area contributed by atoms with Crippen molar-refractivity contribution in [2.45, 2.75) is 13.3 Å². The van der Waals surface area contributed by atoms with Crippen LogP contribution in [0.1, 0.15) is 21.9 Å². The molecule has 130 valence electrons. The van der Waals surface area contributed by atoms with Gasteiger partial charge in [-0.2, -0.15) is 0 Å². The molecule has 26 heavy (non-hydrogen) atoms. The third kappa shape index (κ3) is 3.26. The van der Waals surface area contributed by atoms with E-state index >= 15 is 0 Å². The van der Waals surface area contributed by atoms with Crippen molar-refractivity contribution in [3.05, 3.63) is 76.7 Å². The highest BCUT2D eigenvalue weighted by molar-refractivity contribution is 6.30. The molecule has 0 unspecified atom stereocenters. The van der Waals surface area contributed by atoms with Gasteiger partial charge in [0.25, 0.3) is 5.91 Å². The van der Waals surface area contributed by atoms with Gasteiger partial charge in [-0.3, -0.25) is 4.79 Å². The standard InChI is InChI=1S/C20H17ClN4O/c1-13-22-17(20(26)24-16-7-4-6-15(21)11-16)12-19(23-13)25-10-9-14-5-2-3-8-18(14)25/h2-8,11-12H,9-10H2,1H3,(H,24,26). The third-order valence-corrected chi connectivity index (χ3v) is 4.54.